The number of hydrogen-bond acceptors (Lipinski definition) is 4. The van der Waals surface area contributed by atoms with Crippen LogP contribution in [0.3, 0.4) is 0 Å². The Bertz CT molecular complexity index is 412. The topological polar surface area (TPSA) is 80.5 Å². The lowest BCUT2D eigenvalue weighted by atomic mass is 10.4. The van der Waals surface area contributed by atoms with Crippen LogP contribution < -0.4 is 5.73 Å². The van der Waals surface area contributed by atoms with Crippen molar-refractivity contribution < 1.29 is 0 Å². The molecule has 2 heterocycles. The highest BCUT2D eigenvalue weighted by Gasteiger charge is 2.03. The molecule has 0 aromatic carbocycles. The van der Waals surface area contributed by atoms with E-state index >= 15 is 0 Å². The monoisotopic (exact) mass is 275 g/mol. The van der Waals surface area contributed by atoms with E-state index in [-0.39, 0.29) is 12.4 Å². The molecule has 0 fully saturated rings. The molecular weight excluding hydrogens is 269 g/mol. The number of nitrogens with zero attached hydrogens (tertiary/aromatic N) is 3. The van der Waals surface area contributed by atoms with Gasteiger partial charge in [0.25, 0.3) is 0 Å². The molecule has 0 saturated heterocycles. The van der Waals surface area contributed by atoms with E-state index in [1.165, 1.54) is 0 Å². The number of hydrogen-bond donors (Lipinski definition) is 2. The van der Waals surface area contributed by atoms with Crippen molar-refractivity contribution in [3.8, 4) is 11.5 Å². The van der Waals surface area contributed by atoms with Crippen molar-refractivity contribution in [2.24, 2.45) is 0 Å². The standard InChI is InChI=1S/C7H6BrN5.ClH/c8-4-2-10-7(11-3-4)5-1-6(9)13-12-5;/h1-3H,(H3,9,12,13);1H. The first-order valence-electron chi connectivity index (χ1n) is 3.54. The third-order valence-electron chi connectivity index (χ3n) is 1.46. The Morgan fingerprint density at radius 1 is 1.29 bits per heavy atom. The molecule has 0 aliphatic heterocycles. The third kappa shape index (κ3) is 2.21. The molecule has 0 aliphatic rings. The number of anilines is 1. The molecule has 0 saturated carbocycles. The highest BCUT2D eigenvalue weighted by atomic mass is 79.9. The molecule has 0 radical (unpaired) electrons. The van der Waals surface area contributed by atoms with E-state index in [0.717, 1.165) is 4.47 Å². The second-order valence-electron chi connectivity index (χ2n) is 2.43. The molecule has 74 valence electrons. The van der Waals surface area contributed by atoms with Gasteiger partial charge < -0.3 is 5.73 Å². The van der Waals surface area contributed by atoms with Gasteiger partial charge in [-0.1, -0.05) is 0 Å². The number of halogens is 2. The maximum Gasteiger partial charge on any atom is 0.177 e. The number of rotatable bonds is 1. The fourth-order valence-corrected chi connectivity index (χ4v) is 1.11. The zero-order valence-electron chi connectivity index (χ0n) is 6.94. The molecule has 0 unspecified atom stereocenters. The molecule has 5 nitrogen and oxygen atoms in total. The first kappa shape index (κ1) is 10.9. The molecule has 0 amide bonds. The van der Waals surface area contributed by atoms with Gasteiger partial charge in [0.1, 0.15) is 11.5 Å². The van der Waals surface area contributed by atoms with Crippen molar-refractivity contribution in [3.63, 3.8) is 0 Å². The van der Waals surface area contributed by atoms with Crippen LogP contribution in [-0.4, -0.2) is 20.2 Å². The molecule has 2 rings (SSSR count). The minimum absolute atomic E-state index is 0. The summed E-state index contributed by atoms with van der Waals surface area (Å²) in [4.78, 5) is 8.15. The van der Waals surface area contributed by atoms with Gasteiger partial charge in [0.2, 0.25) is 0 Å². The lowest BCUT2D eigenvalue weighted by Gasteiger charge is -1.93. The Labute approximate surface area is 94.7 Å². The van der Waals surface area contributed by atoms with Crippen molar-refractivity contribution in [2.75, 3.05) is 5.73 Å². The van der Waals surface area contributed by atoms with Crippen molar-refractivity contribution in [2.45, 2.75) is 0 Å². The highest BCUT2D eigenvalue weighted by Crippen LogP contribution is 2.14. The summed E-state index contributed by atoms with van der Waals surface area (Å²) >= 11 is 3.25. The summed E-state index contributed by atoms with van der Waals surface area (Å²) < 4.78 is 0.837. The largest absolute Gasteiger partial charge is 0.382 e. The minimum atomic E-state index is 0. The van der Waals surface area contributed by atoms with E-state index in [4.69, 9.17) is 5.73 Å². The SMILES string of the molecule is Cl.Nc1cc(-c2ncc(Br)cn2)[nH]n1. The van der Waals surface area contributed by atoms with E-state index in [2.05, 4.69) is 36.1 Å². The number of nitrogen functional groups attached to an aromatic ring is 1. The summed E-state index contributed by atoms with van der Waals surface area (Å²) in [5.74, 6) is 1.01. The quantitative estimate of drug-likeness (QED) is 0.829. The molecule has 14 heavy (non-hydrogen) atoms. The maximum atomic E-state index is 5.44. The Morgan fingerprint density at radius 2 is 1.93 bits per heavy atom. The summed E-state index contributed by atoms with van der Waals surface area (Å²) in [7, 11) is 0. The van der Waals surface area contributed by atoms with Gasteiger partial charge in [-0.15, -0.1) is 12.4 Å². The summed E-state index contributed by atoms with van der Waals surface area (Å²) in [5, 5.41) is 6.50. The molecule has 0 spiro atoms. The van der Waals surface area contributed by atoms with E-state index < -0.39 is 0 Å². The first-order valence-corrected chi connectivity index (χ1v) is 4.34. The van der Waals surface area contributed by atoms with Crippen LogP contribution in [0.2, 0.25) is 0 Å². The Morgan fingerprint density at radius 3 is 2.43 bits per heavy atom. The van der Waals surface area contributed by atoms with Crippen molar-refractivity contribution >= 4 is 34.2 Å². The van der Waals surface area contributed by atoms with Crippen LogP contribution in [0.4, 0.5) is 5.82 Å². The molecule has 0 bridgehead atoms. The smallest absolute Gasteiger partial charge is 0.177 e. The van der Waals surface area contributed by atoms with Gasteiger partial charge in [0.15, 0.2) is 5.82 Å². The van der Waals surface area contributed by atoms with E-state index in [9.17, 15) is 0 Å². The number of H-pyrrole nitrogens is 1. The zero-order chi connectivity index (χ0) is 9.26. The summed E-state index contributed by atoms with van der Waals surface area (Å²) in [6.45, 7) is 0. The molecule has 2 aromatic heterocycles. The minimum Gasteiger partial charge on any atom is -0.382 e. The molecule has 3 N–H and O–H groups in total. The van der Waals surface area contributed by atoms with Crippen LogP contribution in [0.1, 0.15) is 0 Å². The maximum absolute atomic E-state index is 5.44. The number of nitrogens with one attached hydrogen (secondary N) is 1. The summed E-state index contributed by atoms with van der Waals surface area (Å²) in [6, 6.07) is 1.68. The molecule has 0 atom stereocenters. The number of aromatic nitrogens is 4. The van der Waals surface area contributed by atoms with E-state index in [1.54, 1.807) is 18.5 Å². The van der Waals surface area contributed by atoms with Crippen LogP contribution in [0.25, 0.3) is 11.5 Å². The lowest BCUT2D eigenvalue weighted by molar-refractivity contribution is 1.06. The van der Waals surface area contributed by atoms with Crippen LogP contribution in [0.5, 0.6) is 0 Å². The summed E-state index contributed by atoms with van der Waals surface area (Å²) in [5.41, 5.74) is 6.15. The fraction of sp³-hybridized carbons (Fsp3) is 0. The predicted molar refractivity (Wildman–Crippen MR) is 59.0 cm³/mol. The Hall–Kier alpha value is -1.14. The lowest BCUT2D eigenvalue weighted by Crippen LogP contribution is -1.87. The van der Waals surface area contributed by atoms with Crippen molar-refractivity contribution in [1.29, 1.82) is 0 Å². The zero-order valence-corrected chi connectivity index (χ0v) is 9.34. The highest BCUT2D eigenvalue weighted by molar-refractivity contribution is 9.10. The number of aromatic amines is 1. The predicted octanol–water partition coefficient (Wildman–Crippen LogP) is 1.63. The summed E-state index contributed by atoms with van der Waals surface area (Å²) in [6.07, 6.45) is 3.33. The van der Waals surface area contributed by atoms with Gasteiger partial charge in [0.05, 0.1) is 4.47 Å². The van der Waals surface area contributed by atoms with Gasteiger partial charge in [-0.25, -0.2) is 9.97 Å². The molecule has 2 aromatic rings. The molecular formula is C7H7BrClN5. The van der Waals surface area contributed by atoms with Gasteiger partial charge in [0, 0.05) is 18.5 Å². The molecule has 0 aliphatic carbocycles. The third-order valence-corrected chi connectivity index (χ3v) is 1.87. The van der Waals surface area contributed by atoms with E-state index in [0.29, 0.717) is 17.3 Å². The Balaban J connectivity index is 0.000000980. The molecule has 7 heteroatoms. The van der Waals surface area contributed by atoms with Gasteiger partial charge in [-0.3, -0.25) is 5.10 Å². The average molecular weight is 277 g/mol. The fourth-order valence-electron chi connectivity index (χ4n) is 0.903. The second-order valence-corrected chi connectivity index (χ2v) is 3.35. The first-order chi connectivity index (χ1) is 6.25. The number of nitrogens with two attached hydrogens (primary N) is 1. The second kappa shape index (κ2) is 4.39. The van der Waals surface area contributed by atoms with Crippen molar-refractivity contribution in [3.05, 3.63) is 22.9 Å². The van der Waals surface area contributed by atoms with Gasteiger partial charge >= 0.3 is 0 Å². The van der Waals surface area contributed by atoms with Gasteiger partial charge in [-0.2, -0.15) is 5.10 Å². The van der Waals surface area contributed by atoms with Gasteiger partial charge in [-0.05, 0) is 15.9 Å². The van der Waals surface area contributed by atoms with Crippen LogP contribution >= 0.6 is 28.3 Å². The van der Waals surface area contributed by atoms with Crippen LogP contribution in [-0.2, 0) is 0 Å². The van der Waals surface area contributed by atoms with Crippen LogP contribution in [0.15, 0.2) is 22.9 Å². The normalized spacial score (nSPS) is 9.50. The van der Waals surface area contributed by atoms with Crippen molar-refractivity contribution in [1.82, 2.24) is 20.2 Å². The van der Waals surface area contributed by atoms with E-state index in [1.807, 2.05) is 0 Å². The average Bonchev–Trinajstić information content (AvgIpc) is 2.53. The van der Waals surface area contributed by atoms with Crippen LogP contribution in [0, 0.1) is 0 Å². The Kier molecular flexibility index (Phi) is 3.43.